The number of carbonyl (C=O) groups excluding carboxylic acids is 1. The molecule has 0 atom stereocenters. The highest BCUT2D eigenvalue weighted by atomic mass is 16.5. The molecule has 2 aromatic carbocycles. The topological polar surface area (TPSA) is 94.1 Å². The fourth-order valence-corrected chi connectivity index (χ4v) is 2.25. The fourth-order valence-electron chi connectivity index (χ4n) is 2.25. The maximum Gasteiger partial charge on any atom is 0.335 e. The molecule has 0 unspecified atom stereocenters. The molecule has 0 saturated heterocycles. The second-order valence-electron chi connectivity index (χ2n) is 5.41. The molecule has 138 valence electrons. The summed E-state index contributed by atoms with van der Waals surface area (Å²) in [5, 5.41) is 11.7. The molecule has 1 amide bonds. The summed E-state index contributed by atoms with van der Waals surface area (Å²) in [6.45, 7) is 0.287. The van der Waals surface area contributed by atoms with E-state index in [-0.39, 0.29) is 23.8 Å². The van der Waals surface area contributed by atoms with E-state index in [9.17, 15) is 9.59 Å². The van der Waals surface area contributed by atoms with E-state index in [4.69, 9.17) is 19.3 Å². The van der Waals surface area contributed by atoms with Gasteiger partial charge in [0.2, 0.25) is 0 Å². The van der Waals surface area contributed by atoms with Crippen molar-refractivity contribution in [3.63, 3.8) is 0 Å². The molecule has 0 spiro atoms. The van der Waals surface area contributed by atoms with Crippen LogP contribution in [0.3, 0.4) is 0 Å². The summed E-state index contributed by atoms with van der Waals surface area (Å²) in [5.74, 6) is 0.0155. The van der Waals surface area contributed by atoms with Crippen molar-refractivity contribution in [1.82, 2.24) is 5.32 Å². The summed E-state index contributed by atoms with van der Waals surface area (Å²) in [7, 11) is 3.02. The highest BCUT2D eigenvalue weighted by Crippen LogP contribution is 2.28. The minimum atomic E-state index is -1.06. The number of carboxylic acid groups (broad SMARTS) is 1. The van der Waals surface area contributed by atoms with Crippen LogP contribution < -0.4 is 19.5 Å². The third-order valence-corrected chi connectivity index (χ3v) is 3.66. The standard InChI is InChI=1S/C19H21NO6/c1-24-15-6-3-13(4-7-15)9-10-20-18(21)12-26-16-8-5-14(19(22)23)11-17(16)25-2/h3-8,11H,9-10,12H2,1-2H3,(H,20,21)(H,22,23). The molecule has 0 radical (unpaired) electrons. The SMILES string of the molecule is COc1ccc(CCNC(=O)COc2ccc(C(=O)O)cc2OC)cc1. The van der Waals surface area contributed by atoms with Gasteiger partial charge in [-0.25, -0.2) is 4.79 Å². The van der Waals surface area contributed by atoms with E-state index < -0.39 is 5.97 Å². The Hall–Kier alpha value is -3.22. The van der Waals surface area contributed by atoms with Gasteiger partial charge in [0.15, 0.2) is 18.1 Å². The van der Waals surface area contributed by atoms with Gasteiger partial charge in [-0.05, 0) is 42.3 Å². The Morgan fingerprint density at radius 3 is 2.35 bits per heavy atom. The van der Waals surface area contributed by atoms with Crippen LogP contribution >= 0.6 is 0 Å². The zero-order chi connectivity index (χ0) is 18.9. The summed E-state index contributed by atoms with van der Waals surface area (Å²) in [4.78, 5) is 22.8. The quantitative estimate of drug-likeness (QED) is 0.712. The molecule has 0 aliphatic heterocycles. The summed E-state index contributed by atoms with van der Waals surface area (Å²) in [5.41, 5.74) is 1.16. The van der Waals surface area contributed by atoms with E-state index in [1.165, 1.54) is 25.3 Å². The smallest absolute Gasteiger partial charge is 0.335 e. The predicted octanol–water partition coefficient (Wildman–Crippen LogP) is 2.14. The lowest BCUT2D eigenvalue weighted by Gasteiger charge is -2.11. The number of aromatic carboxylic acids is 1. The van der Waals surface area contributed by atoms with Crippen LogP contribution in [0.15, 0.2) is 42.5 Å². The van der Waals surface area contributed by atoms with Crippen LogP contribution in [0.1, 0.15) is 15.9 Å². The number of methoxy groups -OCH3 is 2. The van der Waals surface area contributed by atoms with Crippen LogP contribution in [0, 0.1) is 0 Å². The molecule has 0 aromatic heterocycles. The second kappa shape index (κ2) is 9.31. The van der Waals surface area contributed by atoms with Gasteiger partial charge in [-0.1, -0.05) is 12.1 Å². The van der Waals surface area contributed by atoms with E-state index >= 15 is 0 Å². The molecule has 2 rings (SSSR count). The van der Waals surface area contributed by atoms with Crippen LogP contribution in [0.4, 0.5) is 0 Å². The normalized spacial score (nSPS) is 10.1. The molecule has 0 heterocycles. The first-order valence-electron chi connectivity index (χ1n) is 7.97. The van der Waals surface area contributed by atoms with Gasteiger partial charge in [-0.2, -0.15) is 0 Å². The van der Waals surface area contributed by atoms with Gasteiger partial charge in [0.1, 0.15) is 5.75 Å². The third kappa shape index (κ3) is 5.41. The van der Waals surface area contributed by atoms with Gasteiger partial charge in [0.05, 0.1) is 19.8 Å². The Kier molecular flexibility index (Phi) is 6.84. The number of amides is 1. The molecule has 0 aliphatic carbocycles. The van der Waals surface area contributed by atoms with Crippen molar-refractivity contribution in [1.29, 1.82) is 0 Å². The van der Waals surface area contributed by atoms with Crippen LogP contribution in [0.2, 0.25) is 0 Å². The van der Waals surface area contributed by atoms with Crippen LogP contribution in [-0.2, 0) is 11.2 Å². The molecule has 7 nitrogen and oxygen atoms in total. The average molecular weight is 359 g/mol. The minimum Gasteiger partial charge on any atom is -0.497 e. The van der Waals surface area contributed by atoms with Crippen molar-refractivity contribution >= 4 is 11.9 Å². The zero-order valence-corrected chi connectivity index (χ0v) is 14.7. The molecule has 0 saturated carbocycles. The Morgan fingerprint density at radius 1 is 1.00 bits per heavy atom. The molecule has 0 bridgehead atoms. The number of carboxylic acids is 1. The Balaban J connectivity index is 1.80. The van der Waals surface area contributed by atoms with Gasteiger partial charge in [0.25, 0.3) is 5.91 Å². The van der Waals surface area contributed by atoms with Crippen molar-refractivity contribution in [2.45, 2.75) is 6.42 Å². The molecule has 2 aromatic rings. The fraction of sp³-hybridized carbons (Fsp3) is 0.263. The van der Waals surface area contributed by atoms with Crippen LogP contribution in [-0.4, -0.2) is 44.4 Å². The lowest BCUT2D eigenvalue weighted by atomic mass is 10.1. The molecule has 2 N–H and O–H groups in total. The zero-order valence-electron chi connectivity index (χ0n) is 14.7. The predicted molar refractivity (Wildman–Crippen MR) is 95.2 cm³/mol. The number of hydrogen-bond donors (Lipinski definition) is 2. The summed E-state index contributed by atoms with van der Waals surface area (Å²) >= 11 is 0. The van der Waals surface area contributed by atoms with Crippen molar-refractivity contribution in [3.8, 4) is 17.2 Å². The minimum absolute atomic E-state index is 0.0816. The lowest BCUT2D eigenvalue weighted by Crippen LogP contribution is -2.30. The van der Waals surface area contributed by atoms with E-state index in [0.717, 1.165) is 11.3 Å². The lowest BCUT2D eigenvalue weighted by molar-refractivity contribution is -0.123. The maximum absolute atomic E-state index is 11.9. The van der Waals surface area contributed by atoms with Gasteiger partial charge in [-0.3, -0.25) is 4.79 Å². The summed E-state index contributed by atoms with van der Waals surface area (Å²) in [6.07, 6.45) is 0.687. The largest absolute Gasteiger partial charge is 0.497 e. The Morgan fingerprint density at radius 2 is 1.73 bits per heavy atom. The molecular formula is C19H21NO6. The van der Waals surface area contributed by atoms with Gasteiger partial charge < -0.3 is 24.6 Å². The van der Waals surface area contributed by atoms with Gasteiger partial charge >= 0.3 is 5.97 Å². The first-order valence-corrected chi connectivity index (χ1v) is 7.97. The van der Waals surface area contributed by atoms with Crippen molar-refractivity contribution < 1.29 is 28.9 Å². The molecule has 26 heavy (non-hydrogen) atoms. The van der Waals surface area contributed by atoms with Crippen LogP contribution in [0.5, 0.6) is 17.2 Å². The van der Waals surface area contributed by atoms with E-state index in [1.54, 1.807) is 7.11 Å². The van der Waals surface area contributed by atoms with E-state index in [2.05, 4.69) is 5.32 Å². The number of hydrogen-bond acceptors (Lipinski definition) is 5. The van der Waals surface area contributed by atoms with Crippen LogP contribution in [0.25, 0.3) is 0 Å². The average Bonchev–Trinajstić information content (AvgIpc) is 2.66. The van der Waals surface area contributed by atoms with E-state index in [0.29, 0.717) is 18.7 Å². The number of benzene rings is 2. The van der Waals surface area contributed by atoms with Gasteiger partial charge in [-0.15, -0.1) is 0 Å². The summed E-state index contributed by atoms with van der Waals surface area (Å²) < 4.78 is 15.6. The van der Waals surface area contributed by atoms with Crippen molar-refractivity contribution in [2.75, 3.05) is 27.4 Å². The van der Waals surface area contributed by atoms with Gasteiger partial charge in [0, 0.05) is 6.54 Å². The maximum atomic E-state index is 11.9. The van der Waals surface area contributed by atoms with Crippen molar-refractivity contribution in [3.05, 3.63) is 53.6 Å². The third-order valence-electron chi connectivity index (χ3n) is 3.66. The number of nitrogens with one attached hydrogen (secondary N) is 1. The highest BCUT2D eigenvalue weighted by Gasteiger charge is 2.11. The first kappa shape index (κ1) is 19.1. The first-order chi connectivity index (χ1) is 12.5. The highest BCUT2D eigenvalue weighted by molar-refractivity contribution is 5.88. The Labute approximate surface area is 151 Å². The molecule has 7 heteroatoms. The molecule has 0 aliphatic rings. The molecular weight excluding hydrogens is 338 g/mol. The van der Waals surface area contributed by atoms with E-state index in [1.807, 2.05) is 24.3 Å². The summed E-state index contributed by atoms with van der Waals surface area (Å²) in [6, 6.07) is 11.8. The Bertz CT molecular complexity index is 757. The molecule has 0 fully saturated rings. The number of carbonyl (C=O) groups is 2. The van der Waals surface area contributed by atoms with Crippen molar-refractivity contribution in [2.24, 2.45) is 0 Å². The number of rotatable bonds is 9. The number of ether oxygens (including phenoxy) is 3. The second-order valence-corrected chi connectivity index (χ2v) is 5.41. The monoisotopic (exact) mass is 359 g/mol.